The van der Waals surface area contributed by atoms with Gasteiger partial charge in [-0.05, 0) is 19.1 Å². The van der Waals surface area contributed by atoms with Crippen molar-refractivity contribution in [2.24, 2.45) is 7.05 Å². The number of esters is 3. The molecule has 1 atom stereocenters. The summed E-state index contributed by atoms with van der Waals surface area (Å²) in [5, 5.41) is 0.522. The van der Waals surface area contributed by atoms with E-state index < -0.39 is 23.8 Å². The Kier molecular flexibility index (Phi) is 6.31. The first-order valence-electron chi connectivity index (χ1n) is 10.7. The summed E-state index contributed by atoms with van der Waals surface area (Å²) in [6, 6.07) is 7.99. The molecule has 0 bridgehead atoms. The number of likely N-dealkylation sites (N-methyl/N-ethyl adjacent to an activating group) is 1. The van der Waals surface area contributed by atoms with Gasteiger partial charge in [-0.25, -0.2) is 4.79 Å². The fourth-order valence-corrected chi connectivity index (χ4v) is 5.56. The lowest BCUT2D eigenvalue weighted by atomic mass is 9.95. The van der Waals surface area contributed by atoms with Crippen molar-refractivity contribution >= 4 is 46.3 Å². The Hall–Kier alpha value is -3.46. The van der Waals surface area contributed by atoms with Crippen LogP contribution in [0.4, 0.5) is 5.69 Å². The standard InChI is InChI=1S/C25H26N2O6S/c1-13-7-9-15(10-8-13)34-23-21-19(17(12-27(21)4)25(30)32-6)18-16(24(29)31-5)11-26(3)20(18)22(23)33-14(2)28/h7-11,17H,12H2,1-6H3. The molecule has 1 aromatic heterocycles. The van der Waals surface area contributed by atoms with Gasteiger partial charge < -0.3 is 23.7 Å². The van der Waals surface area contributed by atoms with Crippen LogP contribution in [0.25, 0.3) is 10.9 Å². The lowest BCUT2D eigenvalue weighted by Gasteiger charge is -2.21. The summed E-state index contributed by atoms with van der Waals surface area (Å²) in [6.07, 6.45) is 1.64. The molecule has 2 heterocycles. The Balaban J connectivity index is 2.13. The predicted molar refractivity (Wildman–Crippen MR) is 129 cm³/mol. The van der Waals surface area contributed by atoms with E-state index in [2.05, 4.69) is 0 Å². The molecule has 9 heteroatoms. The number of nitrogens with zero attached hydrogens (tertiary/aromatic N) is 2. The highest BCUT2D eigenvalue weighted by Crippen LogP contribution is 2.54. The van der Waals surface area contributed by atoms with Crippen molar-refractivity contribution in [3.05, 3.63) is 47.2 Å². The molecule has 1 unspecified atom stereocenters. The number of rotatable bonds is 5. The van der Waals surface area contributed by atoms with Crippen LogP contribution < -0.4 is 9.64 Å². The first-order chi connectivity index (χ1) is 16.2. The molecule has 0 N–H and O–H groups in total. The van der Waals surface area contributed by atoms with Gasteiger partial charge in [-0.2, -0.15) is 0 Å². The van der Waals surface area contributed by atoms with Gasteiger partial charge in [0.25, 0.3) is 0 Å². The van der Waals surface area contributed by atoms with E-state index in [4.69, 9.17) is 14.2 Å². The highest BCUT2D eigenvalue weighted by Gasteiger charge is 2.41. The fourth-order valence-electron chi connectivity index (χ4n) is 4.46. The van der Waals surface area contributed by atoms with E-state index in [0.29, 0.717) is 39.2 Å². The normalized spacial score (nSPS) is 14.8. The van der Waals surface area contributed by atoms with Crippen LogP contribution in [0.3, 0.4) is 0 Å². The average molecular weight is 483 g/mol. The summed E-state index contributed by atoms with van der Waals surface area (Å²) in [4.78, 5) is 41.3. The maximum atomic E-state index is 12.8. The second-order valence-electron chi connectivity index (χ2n) is 8.25. The van der Waals surface area contributed by atoms with Crippen LogP contribution >= 0.6 is 11.8 Å². The van der Waals surface area contributed by atoms with Crippen LogP contribution in [0.5, 0.6) is 5.75 Å². The summed E-state index contributed by atoms with van der Waals surface area (Å²) < 4.78 is 17.6. The minimum atomic E-state index is -0.623. The Labute approximate surface area is 201 Å². The van der Waals surface area contributed by atoms with E-state index in [1.165, 1.54) is 32.9 Å². The maximum Gasteiger partial charge on any atom is 0.340 e. The Bertz CT molecular complexity index is 1310. The van der Waals surface area contributed by atoms with Crippen molar-refractivity contribution in [1.82, 2.24) is 4.57 Å². The number of carbonyl (C=O) groups excluding carboxylic acids is 3. The van der Waals surface area contributed by atoms with Gasteiger partial charge in [0.15, 0.2) is 5.75 Å². The molecule has 0 fully saturated rings. The van der Waals surface area contributed by atoms with Crippen LogP contribution in [0.2, 0.25) is 0 Å². The topological polar surface area (TPSA) is 87.1 Å². The zero-order valence-corrected chi connectivity index (χ0v) is 20.7. The quantitative estimate of drug-likeness (QED) is 0.398. The van der Waals surface area contributed by atoms with Crippen molar-refractivity contribution in [3.63, 3.8) is 0 Å². The van der Waals surface area contributed by atoms with E-state index in [1.54, 1.807) is 17.8 Å². The van der Waals surface area contributed by atoms with Gasteiger partial charge in [0.05, 0.1) is 35.9 Å². The summed E-state index contributed by atoms with van der Waals surface area (Å²) in [5.41, 5.74) is 3.34. The second-order valence-corrected chi connectivity index (χ2v) is 9.34. The molecule has 0 radical (unpaired) electrons. The molecule has 0 aliphatic carbocycles. The highest BCUT2D eigenvalue weighted by molar-refractivity contribution is 7.99. The summed E-state index contributed by atoms with van der Waals surface area (Å²) in [7, 11) is 6.28. The molecule has 8 nitrogen and oxygen atoms in total. The first-order valence-corrected chi connectivity index (χ1v) is 11.5. The number of hydrogen-bond donors (Lipinski definition) is 0. The van der Waals surface area contributed by atoms with Gasteiger partial charge in [0, 0.05) is 49.6 Å². The zero-order valence-electron chi connectivity index (χ0n) is 19.9. The molecular weight excluding hydrogens is 456 g/mol. The van der Waals surface area contributed by atoms with Gasteiger partial charge in [-0.15, -0.1) is 0 Å². The number of aromatic nitrogens is 1. The van der Waals surface area contributed by atoms with Crippen LogP contribution in [-0.2, 0) is 26.1 Å². The second kappa shape index (κ2) is 9.06. The third kappa shape index (κ3) is 3.90. The third-order valence-electron chi connectivity index (χ3n) is 5.91. The van der Waals surface area contributed by atoms with Crippen LogP contribution in [0.1, 0.15) is 34.3 Å². The molecule has 2 aromatic carbocycles. The molecule has 34 heavy (non-hydrogen) atoms. The van der Waals surface area contributed by atoms with Crippen molar-refractivity contribution in [2.45, 2.75) is 29.6 Å². The number of fused-ring (bicyclic) bond motifs is 3. The molecule has 4 rings (SSSR count). The Morgan fingerprint density at radius 1 is 1.06 bits per heavy atom. The molecule has 0 amide bonds. The Morgan fingerprint density at radius 2 is 1.74 bits per heavy atom. The average Bonchev–Trinajstić information content (AvgIpc) is 3.33. The number of ether oxygens (including phenoxy) is 3. The SMILES string of the molecule is COC(=O)c1cn(C)c2c(OC(C)=O)c(Sc3ccc(C)cc3)c3c(c12)C(C(=O)OC)CN3C. The largest absolute Gasteiger partial charge is 0.468 e. The van der Waals surface area contributed by atoms with Crippen LogP contribution in [0.15, 0.2) is 40.3 Å². The highest BCUT2D eigenvalue weighted by atomic mass is 32.2. The smallest absolute Gasteiger partial charge is 0.340 e. The van der Waals surface area contributed by atoms with E-state index in [-0.39, 0.29) is 0 Å². The minimum Gasteiger partial charge on any atom is -0.468 e. The van der Waals surface area contributed by atoms with E-state index >= 15 is 0 Å². The third-order valence-corrected chi connectivity index (χ3v) is 7.00. The number of hydrogen-bond acceptors (Lipinski definition) is 8. The van der Waals surface area contributed by atoms with Gasteiger partial charge in [-0.1, -0.05) is 29.5 Å². The molecule has 1 aliphatic heterocycles. The van der Waals surface area contributed by atoms with Crippen molar-refractivity contribution in [2.75, 3.05) is 32.7 Å². The van der Waals surface area contributed by atoms with Gasteiger partial charge in [-0.3, -0.25) is 9.59 Å². The molecule has 0 spiro atoms. The predicted octanol–water partition coefficient (Wildman–Crippen LogP) is 4.06. The number of anilines is 1. The summed E-state index contributed by atoms with van der Waals surface area (Å²) in [5.74, 6) is -1.72. The van der Waals surface area contributed by atoms with Crippen molar-refractivity contribution < 1.29 is 28.6 Å². The summed E-state index contributed by atoms with van der Waals surface area (Å²) >= 11 is 1.44. The van der Waals surface area contributed by atoms with Crippen molar-refractivity contribution in [1.29, 1.82) is 0 Å². The fraction of sp³-hybridized carbons (Fsp3) is 0.320. The molecular formula is C25H26N2O6S. The van der Waals surface area contributed by atoms with Crippen LogP contribution in [0, 0.1) is 6.92 Å². The summed E-state index contributed by atoms with van der Waals surface area (Å²) in [6.45, 7) is 3.71. The number of benzene rings is 2. The minimum absolute atomic E-state index is 0.292. The number of methoxy groups -OCH3 is 2. The van der Waals surface area contributed by atoms with Gasteiger partial charge in [0.1, 0.15) is 5.92 Å². The van der Waals surface area contributed by atoms with Crippen molar-refractivity contribution in [3.8, 4) is 5.75 Å². The Morgan fingerprint density at radius 3 is 2.32 bits per heavy atom. The van der Waals surface area contributed by atoms with E-state index in [1.807, 2.05) is 43.1 Å². The van der Waals surface area contributed by atoms with Gasteiger partial charge in [0.2, 0.25) is 0 Å². The molecule has 1 aliphatic rings. The van der Waals surface area contributed by atoms with E-state index in [9.17, 15) is 14.4 Å². The lowest BCUT2D eigenvalue weighted by Crippen LogP contribution is -2.21. The van der Waals surface area contributed by atoms with Gasteiger partial charge >= 0.3 is 17.9 Å². The molecule has 0 saturated heterocycles. The molecule has 3 aromatic rings. The lowest BCUT2D eigenvalue weighted by molar-refractivity contribution is -0.142. The maximum absolute atomic E-state index is 12.8. The van der Waals surface area contributed by atoms with E-state index in [0.717, 1.165) is 16.1 Å². The number of carbonyl (C=O) groups is 3. The first kappa shape index (κ1) is 23.7. The van der Waals surface area contributed by atoms with Crippen LogP contribution in [-0.4, -0.2) is 50.3 Å². The number of aryl methyl sites for hydroxylation is 2. The monoisotopic (exact) mass is 482 g/mol. The molecule has 0 saturated carbocycles. The molecule has 178 valence electrons. The zero-order chi connectivity index (χ0) is 24.7.